The second-order valence-electron chi connectivity index (χ2n) is 5.40. The lowest BCUT2D eigenvalue weighted by atomic mass is 9.79. The summed E-state index contributed by atoms with van der Waals surface area (Å²) in [7, 11) is 0. The summed E-state index contributed by atoms with van der Waals surface area (Å²) in [5, 5.41) is 3.43. The van der Waals surface area contributed by atoms with Crippen LogP contribution in [0.25, 0.3) is 0 Å². The van der Waals surface area contributed by atoms with Crippen LogP contribution in [0.4, 0.5) is 0 Å². The van der Waals surface area contributed by atoms with Crippen molar-refractivity contribution in [3.8, 4) is 0 Å². The van der Waals surface area contributed by atoms with Crippen LogP contribution < -0.4 is 5.32 Å². The normalized spacial score (nSPS) is 27.9. The molecule has 1 aromatic carbocycles. The molecule has 2 aliphatic rings. The van der Waals surface area contributed by atoms with Gasteiger partial charge in [0.15, 0.2) is 0 Å². The highest BCUT2D eigenvalue weighted by Gasteiger charge is 2.43. The molecule has 80 valence electrons. The minimum Gasteiger partial charge on any atom is -0.316 e. The van der Waals surface area contributed by atoms with Gasteiger partial charge >= 0.3 is 0 Å². The fourth-order valence-electron chi connectivity index (χ4n) is 3.25. The van der Waals surface area contributed by atoms with Crippen molar-refractivity contribution < 1.29 is 0 Å². The molecule has 15 heavy (non-hydrogen) atoms. The number of benzene rings is 1. The summed E-state index contributed by atoms with van der Waals surface area (Å²) in [6.45, 7) is 2.55. The minimum atomic E-state index is 0.708. The van der Waals surface area contributed by atoms with Gasteiger partial charge in [0.2, 0.25) is 0 Å². The van der Waals surface area contributed by atoms with Crippen LogP contribution in [0.1, 0.15) is 24.8 Å². The van der Waals surface area contributed by atoms with Crippen LogP contribution in [0.3, 0.4) is 0 Å². The fraction of sp³-hybridized carbons (Fsp3) is 0.571. The van der Waals surface area contributed by atoms with Gasteiger partial charge in [-0.3, -0.25) is 0 Å². The quantitative estimate of drug-likeness (QED) is 0.775. The van der Waals surface area contributed by atoms with Gasteiger partial charge in [-0.25, -0.2) is 0 Å². The Morgan fingerprint density at radius 2 is 2.00 bits per heavy atom. The maximum Gasteiger partial charge on any atom is 0.00203 e. The molecule has 0 amide bonds. The van der Waals surface area contributed by atoms with Gasteiger partial charge in [-0.15, -0.1) is 0 Å². The average Bonchev–Trinajstić information content (AvgIpc) is 2.63. The molecule has 1 saturated carbocycles. The van der Waals surface area contributed by atoms with Gasteiger partial charge in [0.05, 0.1) is 0 Å². The minimum absolute atomic E-state index is 0.708. The highest BCUT2D eigenvalue weighted by molar-refractivity contribution is 5.16. The molecule has 1 aromatic rings. The number of hydrogen-bond acceptors (Lipinski definition) is 1. The summed E-state index contributed by atoms with van der Waals surface area (Å²) in [5.41, 5.74) is 2.23. The highest BCUT2D eigenvalue weighted by Crippen LogP contribution is 2.45. The number of nitrogens with one attached hydrogen (secondary N) is 1. The molecule has 2 fully saturated rings. The van der Waals surface area contributed by atoms with E-state index < -0.39 is 0 Å². The first-order valence-corrected chi connectivity index (χ1v) is 6.11. The first kappa shape index (κ1) is 9.41. The second-order valence-corrected chi connectivity index (χ2v) is 5.40. The van der Waals surface area contributed by atoms with Crippen LogP contribution in [0.2, 0.25) is 0 Å². The Morgan fingerprint density at radius 1 is 1.20 bits per heavy atom. The maximum absolute atomic E-state index is 3.43. The Morgan fingerprint density at radius 3 is 2.60 bits per heavy atom. The molecule has 1 heteroatoms. The Kier molecular flexibility index (Phi) is 2.28. The monoisotopic (exact) mass is 201 g/mol. The molecule has 1 atom stereocenters. The van der Waals surface area contributed by atoms with Gasteiger partial charge in [0.1, 0.15) is 0 Å². The van der Waals surface area contributed by atoms with Crippen molar-refractivity contribution >= 4 is 0 Å². The molecule has 1 N–H and O–H groups in total. The lowest BCUT2D eigenvalue weighted by molar-refractivity contribution is 0.170. The largest absolute Gasteiger partial charge is 0.316 e. The second kappa shape index (κ2) is 3.64. The van der Waals surface area contributed by atoms with E-state index in [-0.39, 0.29) is 0 Å². The Hall–Kier alpha value is -0.820. The van der Waals surface area contributed by atoms with Crippen molar-refractivity contribution in [3.05, 3.63) is 35.9 Å². The molecule has 3 rings (SSSR count). The van der Waals surface area contributed by atoms with E-state index in [1.165, 1.54) is 44.3 Å². The lowest BCUT2D eigenvalue weighted by Crippen LogP contribution is -2.51. The van der Waals surface area contributed by atoms with Crippen molar-refractivity contribution in [2.75, 3.05) is 13.1 Å². The fourth-order valence-corrected chi connectivity index (χ4v) is 3.25. The third-order valence-electron chi connectivity index (χ3n) is 4.17. The molecule has 1 saturated heterocycles. The van der Waals surface area contributed by atoms with E-state index in [0.717, 1.165) is 5.92 Å². The van der Waals surface area contributed by atoms with Crippen LogP contribution in [0.15, 0.2) is 30.3 Å². The van der Waals surface area contributed by atoms with Crippen molar-refractivity contribution in [2.45, 2.75) is 25.7 Å². The molecule has 1 unspecified atom stereocenters. The average molecular weight is 201 g/mol. The van der Waals surface area contributed by atoms with Gasteiger partial charge in [0.25, 0.3) is 0 Å². The molecule has 1 spiro atoms. The van der Waals surface area contributed by atoms with Crippen molar-refractivity contribution in [1.29, 1.82) is 0 Å². The van der Waals surface area contributed by atoms with E-state index in [0.29, 0.717) is 5.41 Å². The van der Waals surface area contributed by atoms with Crippen LogP contribution >= 0.6 is 0 Å². The summed E-state index contributed by atoms with van der Waals surface area (Å²) >= 11 is 0. The van der Waals surface area contributed by atoms with E-state index in [9.17, 15) is 0 Å². The van der Waals surface area contributed by atoms with E-state index in [1.54, 1.807) is 0 Å². The topological polar surface area (TPSA) is 12.0 Å². The molecule has 0 radical (unpaired) electrons. The Labute approximate surface area is 91.9 Å². The molecular weight excluding hydrogens is 182 g/mol. The lowest BCUT2D eigenvalue weighted by Gasteiger charge is -2.39. The van der Waals surface area contributed by atoms with Crippen LogP contribution in [0, 0.1) is 11.3 Å². The van der Waals surface area contributed by atoms with Gasteiger partial charge in [-0.05, 0) is 42.6 Å². The van der Waals surface area contributed by atoms with Gasteiger partial charge in [-0.2, -0.15) is 0 Å². The van der Waals surface area contributed by atoms with Crippen molar-refractivity contribution in [1.82, 2.24) is 5.32 Å². The first-order valence-electron chi connectivity index (χ1n) is 6.11. The first-order chi connectivity index (χ1) is 7.36. The predicted molar refractivity (Wildman–Crippen MR) is 62.8 cm³/mol. The predicted octanol–water partition coefficient (Wildman–Crippen LogP) is 2.62. The Bertz CT molecular complexity index is 326. The van der Waals surface area contributed by atoms with E-state index >= 15 is 0 Å². The zero-order valence-electron chi connectivity index (χ0n) is 9.21. The SMILES string of the molecule is c1ccc(CC2CCC3(CNC3)C2)cc1. The van der Waals surface area contributed by atoms with Crippen LogP contribution in [-0.4, -0.2) is 13.1 Å². The standard InChI is InChI=1S/C14H19N/c1-2-4-12(5-3-1)8-13-6-7-14(9-13)10-15-11-14/h1-5,13,15H,6-11H2. The van der Waals surface area contributed by atoms with E-state index in [1.807, 2.05) is 0 Å². The summed E-state index contributed by atoms with van der Waals surface area (Å²) in [6, 6.07) is 11.0. The van der Waals surface area contributed by atoms with Crippen LogP contribution in [-0.2, 0) is 6.42 Å². The van der Waals surface area contributed by atoms with Crippen molar-refractivity contribution in [3.63, 3.8) is 0 Å². The zero-order valence-corrected chi connectivity index (χ0v) is 9.21. The van der Waals surface area contributed by atoms with Gasteiger partial charge in [0, 0.05) is 13.1 Å². The van der Waals surface area contributed by atoms with Gasteiger partial charge in [-0.1, -0.05) is 30.3 Å². The van der Waals surface area contributed by atoms with Crippen LogP contribution in [0.5, 0.6) is 0 Å². The molecular formula is C14H19N. The maximum atomic E-state index is 3.43. The van der Waals surface area contributed by atoms with Crippen molar-refractivity contribution in [2.24, 2.45) is 11.3 Å². The molecule has 0 bridgehead atoms. The third kappa shape index (κ3) is 1.81. The molecule has 1 aliphatic carbocycles. The smallest absolute Gasteiger partial charge is 0.00203 e. The van der Waals surface area contributed by atoms with E-state index in [4.69, 9.17) is 0 Å². The summed E-state index contributed by atoms with van der Waals surface area (Å²) in [5.74, 6) is 0.939. The summed E-state index contributed by atoms with van der Waals surface area (Å²) in [6.07, 6.45) is 5.64. The number of rotatable bonds is 2. The molecule has 1 aliphatic heterocycles. The molecule has 1 nitrogen and oxygen atoms in total. The molecule has 1 heterocycles. The number of hydrogen-bond donors (Lipinski definition) is 1. The molecule has 0 aromatic heterocycles. The highest BCUT2D eigenvalue weighted by atomic mass is 15.0. The summed E-state index contributed by atoms with van der Waals surface area (Å²) < 4.78 is 0. The van der Waals surface area contributed by atoms with Gasteiger partial charge < -0.3 is 5.32 Å². The Balaban J connectivity index is 1.61. The third-order valence-corrected chi connectivity index (χ3v) is 4.17. The zero-order chi connectivity index (χ0) is 10.1. The summed E-state index contributed by atoms with van der Waals surface area (Å²) in [4.78, 5) is 0. The van der Waals surface area contributed by atoms with E-state index in [2.05, 4.69) is 35.6 Å².